The summed E-state index contributed by atoms with van der Waals surface area (Å²) in [6.07, 6.45) is 4.38. The SMILES string of the molecule is CSNC1=NCCC1. The van der Waals surface area contributed by atoms with Gasteiger partial charge in [0.05, 0.1) is 0 Å². The summed E-state index contributed by atoms with van der Waals surface area (Å²) < 4.78 is 3.11. The smallest absolute Gasteiger partial charge is 0.106 e. The monoisotopic (exact) mass is 130 g/mol. The molecule has 8 heavy (non-hydrogen) atoms. The molecule has 0 radical (unpaired) electrons. The average molecular weight is 130 g/mol. The summed E-state index contributed by atoms with van der Waals surface area (Å²) in [6.45, 7) is 1.02. The molecule has 0 spiro atoms. The van der Waals surface area contributed by atoms with Crippen LogP contribution in [0.2, 0.25) is 0 Å². The summed E-state index contributed by atoms with van der Waals surface area (Å²) in [4.78, 5) is 4.21. The molecule has 1 aliphatic heterocycles. The minimum Gasteiger partial charge on any atom is -0.318 e. The third kappa shape index (κ3) is 1.40. The Labute approximate surface area is 53.9 Å². The first-order valence-corrected chi connectivity index (χ1v) is 3.98. The second kappa shape index (κ2) is 2.97. The molecule has 0 aromatic carbocycles. The van der Waals surface area contributed by atoms with Crippen molar-refractivity contribution in [2.24, 2.45) is 4.99 Å². The van der Waals surface area contributed by atoms with Gasteiger partial charge in [-0.15, -0.1) is 0 Å². The molecule has 0 unspecified atom stereocenters. The molecular formula is C5H10N2S. The van der Waals surface area contributed by atoms with Gasteiger partial charge in [0.2, 0.25) is 0 Å². The molecule has 0 saturated carbocycles. The van der Waals surface area contributed by atoms with Gasteiger partial charge in [0.15, 0.2) is 0 Å². The fraction of sp³-hybridized carbons (Fsp3) is 0.800. The first-order valence-electron chi connectivity index (χ1n) is 2.76. The summed E-state index contributed by atoms with van der Waals surface area (Å²) in [5, 5.41) is 0. The molecule has 1 rings (SSSR count). The highest BCUT2D eigenvalue weighted by atomic mass is 32.2. The molecule has 0 amide bonds. The quantitative estimate of drug-likeness (QED) is 0.536. The Morgan fingerprint density at radius 3 is 3.12 bits per heavy atom. The lowest BCUT2D eigenvalue weighted by Gasteiger charge is -1.96. The van der Waals surface area contributed by atoms with Crippen LogP contribution in [0.3, 0.4) is 0 Å². The molecule has 2 nitrogen and oxygen atoms in total. The minimum absolute atomic E-state index is 1.02. The van der Waals surface area contributed by atoms with Crippen molar-refractivity contribution in [3.63, 3.8) is 0 Å². The lowest BCUT2D eigenvalue weighted by molar-refractivity contribution is 0.949. The maximum Gasteiger partial charge on any atom is 0.106 e. The first-order chi connectivity index (χ1) is 3.93. The van der Waals surface area contributed by atoms with Crippen LogP contribution in [-0.2, 0) is 0 Å². The molecule has 0 atom stereocenters. The topological polar surface area (TPSA) is 24.4 Å². The van der Waals surface area contributed by atoms with E-state index in [-0.39, 0.29) is 0 Å². The van der Waals surface area contributed by atoms with Gasteiger partial charge in [-0.2, -0.15) is 0 Å². The van der Waals surface area contributed by atoms with E-state index < -0.39 is 0 Å². The van der Waals surface area contributed by atoms with Crippen LogP contribution in [0.5, 0.6) is 0 Å². The molecule has 0 aromatic rings. The second-order valence-corrected chi connectivity index (χ2v) is 2.35. The maximum absolute atomic E-state index is 4.21. The molecule has 3 heteroatoms. The zero-order valence-electron chi connectivity index (χ0n) is 4.98. The standard InChI is InChI=1S/C5H10N2S/c1-8-7-5-3-2-4-6-5/h2-4H2,1H3,(H,6,7). The van der Waals surface area contributed by atoms with E-state index in [1.54, 1.807) is 11.9 Å². The molecule has 0 saturated heterocycles. The lowest BCUT2D eigenvalue weighted by atomic mass is 10.3. The van der Waals surface area contributed by atoms with Crippen molar-refractivity contribution in [2.75, 3.05) is 12.8 Å². The molecular weight excluding hydrogens is 120 g/mol. The van der Waals surface area contributed by atoms with E-state index in [9.17, 15) is 0 Å². The predicted molar refractivity (Wildman–Crippen MR) is 38.2 cm³/mol. The summed E-state index contributed by atoms with van der Waals surface area (Å²) >= 11 is 1.62. The van der Waals surface area contributed by atoms with Gasteiger partial charge >= 0.3 is 0 Å². The fourth-order valence-electron chi connectivity index (χ4n) is 0.741. The largest absolute Gasteiger partial charge is 0.318 e. The summed E-state index contributed by atoms with van der Waals surface area (Å²) in [6, 6.07) is 0. The highest BCUT2D eigenvalue weighted by Gasteiger charge is 2.02. The van der Waals surface area contributed by atoms with Gasteiger partial charge in [0.1, 0.15) is 5.84 Å². The summed E-state index contributed by atoms with van der Waals surface area (Å²) in [5.74, 6) is 1.16. The molecule has 46 valence electrons. The van der Waals surface area contributed by atoms with Gasteiger partial charge < -0.3 is 4.72 Å². The number of amidine groups is 1. The van der Waals surface area contributed by atoms with Crippen LogP contribution < -0.4 is 4.72 Å². The summed E-state index contributed by atoms with van der Waals surface area (Å²) in [7, 11) is 0. The van der Waals surface area contributed by atoms with E-state index in [0.717, 1.165) is 18.8 Å². The number of hydrogen-bond acceptors (Lipinski definition) is 3. The molecule has 0 aliphatic carbocycles. The molecule has 1 aliphatic rings. The van der Waals surface area contributed by atoms with Crippen molar-refractivity contribution < 1.29 is 0 Å². The third-order valence-corrected chi connectivity index (χ3v) is 1.53. The van der Waals surface area contributed by atoms with Gasteiger partial charge in [0.25, 0.3) is 0 Å². The normalized spacial score (nSPS) is 18.4. The number of rotatable bonds is 1. The first kappa shape index (κ1) is 5.95. The highest BCUT2D eigenvalue weighted by Crippen LogP contribution is 2.02. The molecule has 1 heterocycles. The van der Waals surface area contributed by atoms with Gasteiger partial charge in [0, 0.05) is 19.2 Å². The van der Waals surface area contributed by atoms with Crippen LogP contribution >= 0.6 is 11.9 Å². The Morgan fingerprint density at radius 1 is 1.75 bits per heavy atom. The highest BCUT2D eigenvalue weighted by molar-refractivity contribution is 7.97. The van der Waals surface area contributed by atoms with Gasteiger partial charge in [-0.1, -0.05) is 11.9 Å². The Kier molecular flexibility index (Phi) is 2.21. The number of nitrogens with one attached hydrogen (secondary N) is 1. The third-order valence-electron chi connectivity index (χ3n) is 1.09. The van der Waals surface area contributed by atoms with Crippen molar-refractivity contribution in [2.45, 2.75) is 12.8 Å². The van der Waals surface area contributed by atoms with Gasteiger partial charge in [-0.05, 0) is 6.42 Å². The van der Waals surface area contributed by atoms with Crippen LogP contribution in [0.4, 0.5) is 0 Å². The number of nitrogens with zero attached hydrogens (tertiary/aromatic N) is 1. The van der Waals surface area contributed by atoms with Crippen molar-refractivity contribution in [1.82, 2.24) is 4.72 Å². The number of aliphatic imine (C=N–C) groups is 1. The lowest BCUT2D eigenvalue weighted by Crippen LogP contribution is -2.11. The maximum atomic E-state index is 4.21. The van der Waals surface area contributed by atoms with Gasteiger partial charge in [-0.25, -0.2) is 0 Å². The zero-order chi connectivity index (χ0) is 5.82. The minimum atomic E-state index is 1.02. The Morgan fingerprint density at radius 2 is 2.62 bits per heavy atom. The Hall–Kier alpha value is -0.180. The summed E-state index contributed by atoms with van der Waals surface area (Å²) in [5.41, 5.74) is 0. The number of hydrogen-bond donors (Lipinski definition) is 1. The van der Waals surface area contributed by atoms with E-state index >= 15 is 0 Å². The van der Waals surface area contributed by atoms with Crippen molar-refractivity contribution in [3.05, 3.63) is 0 Å². The van der Waals surface area contributed by atoms with E-state index in [0.29, 0.717) is 0 Å². The van der Waals surface area contributed by atoms with E-state index in [4.69, 9.17) is 0 Å². The van der Waals surface area contributed by atoms with Crippen LogP contribution in [0.25, 0.3) is 0 Å². The van der Waals surface area contributed by atoms with Crippen LogP contribution in [0.1, 0.15) is 12.8 Å². The van der Waals surface area contributed by atoms with Crippen molar-refractivity contribution in [3.8, 4) is 0 Å². The molecule has 1 N–H and O–H groups in total. The molecule has 0 aromatic heterocycles. The van der Waals surface area contributed by atoms with E-state index in [1.165, 1.54) is 6.42 Å². The zero-order valence-corrected chi connectivity index (χ0v) is 5.79. The van der Waals surface area contributed by atoms with Crippen molar-refractivity contribution in [1.29, 1.82) is 0 Å². The predicted octanol–water partition coefficient (Wildman–Crippen LogP) is 1.05. The van der Waals surface area contributed by atoms with Crippen LogP contribution in [-0.4, -0.2) is 18.6 Å². The molecule has 0 fully saturated rings. The fourth-order valence-corrected chi connectivity index (χ4v) is 1.14. The van der Waals surface area contributed by atoms with E-state index in [1.807, 2.05) is 6.26 Å². The second-order valence-electron chi connectivity index (χ2n) is 1.74. The molecule has 0 bridgehead atoms. The van der Waals surface area contributed by atoms with E-state index in [2.05, 4.69) is 9.71 Å². The average Bonchev–Trinajstić information content (AvgIpc) is 2.19. The van der Waals surface area contributed by atoms with Gasteiger partial charge in [-0.3, -0.25) is 4.99 Å². The van der Waals surface area contributed by atoms with Crippen LogP contribution in [0.15, 0.2) is 4.99 Å². The van der Waals surface area contributed by atoms with Crippen molar-refractivity contribution >= 4 is 17.8 Å². The Bertz CT molecular complexity index is 101. The Balaban J connectivity index is 2.23. The van der Waals surface area contributed by atoms with Crippen LogP contribution in [0, 0.1) is 0 Å².